The van der Waals surface area contributed by atoms with Gasteiger partial charge >= 0.3 is 0 Å². The van der Waals surface area contributed by atoms with Crippen LogP contribution in [-0.4, -0.2) is 0 Å². The molecule has 0 radical (unpaired) electrons. The molecule has 0 aliphatic rings. The van der Waals surface area contributed by atoms with Gasteiger partial charge in [0.25, 0.3) is 0 Å². The van der Waals surface area contributed by atoms with E-state index in [-0.39, 0.29) is 0 Å². The van der Waals surface area contributed by atoms with Gasteiger partial charge in [0.05, 0.1) is 0 Å². The first-order chi connectivity index (χ1) is 9.06. The summed E-state index contributed by atoms with van der Waals surface area (Å²) in [4.78, 5) is 0. The van der Waals surface area contributed by atoms with Crippen molar-refractivity contribution in [1.29, 1.82) is 0 Å². The molecule has 0 atom stereocenters. The zero-order chi connectivity index (χ0) is 14.4. The normalized spacial score (nSPS) is 12.4. The molecule has 0 bridgehead atoms. The Labute approximate surface area is 123 Å². The van der Waals surface area contributed by atoms with Gasteiger partial charge in [-0.1, -0.05) is 84.8 Å². The summed E-state index contributed by atoms with van der Waals surface area (Å²) in [6.07, 6.45) is 21.4. The summed E-state index contributed by atoms with van der Waals surface area (Å²) in [5, 5.41) is 0. The van der Waals surface area contributed by atoms with E-state index in [1.807, 2.05) is 0 Å². The molecule has 0 heteroatoms. The molecule has 0 N–H and O–H groups in total. The van der Waals surface area contributed by atoms with Crippen LogP contribution in [0.1, 0.15) is 105 Å². The third kappa shape index (κ3) is 17.7. The lowest BCUT2D eigenvalue weighted by Crippen LogP contribution is -2.03. The van der Waals surface area contributed by atoms with Crippen molar-refractivity contribution >= 4 is 0 Å². The topological polar surface area (TPSA) is 0 Å². The quantitative estimate of drug-likeness (QED) is 0.257. The van der Waals surface area contributed by atoms with Crippen molar-refractivity contribution in [2.45, 2.75) is 105 Å². The summed E-state index contributed by atoms with van der Waals surface area (Å²) in [5.74, 6) is 0. The van der Waals surface area contributed by atoms with E-state index in [0.717, 1.165) is 0 Å². The molecular formula is C19H38. The Balaban J connectivity index is 3.12. The lowest BCUT2D eigenvalue weighted by atomic mass is 9.89. The van der Waals surface area contributed by atoms with Crippen molar-refractivity contribution in [3.63, 3.8) is 0 Å². The van der Waals surface area contributed by atoms with Gasteiger partial charge in [-0.05, 0) is 37.5 Å². The highest BCUT2D eigenvalue weighted by atomic mass is 14.1. The molecule has 19 heavy (non-hydrogen) atoms. The molecule has 0 aliphatic carbocycles. The van der Waals surface area contributed by atoms with E-state index in [9.17, 15) is 0 Å². The maximum atomic E-state index is 2.40. The number of allylic oxidation sites excluding steroid dienone is 2. The molecule has 0 aromatic heterocycles. The monoisotopic (exact) mass is 266 g/mol. The van der Waals surface area contributed by atoms with Gasteiger partial charge < -0.3 is 0 Å². The predicted molar refractivity (Wildman–Crippen MR) is 89.7 cm³/mol. The second kappa shape index (κ2) is 12.8. The Morgan fingerprint density at radius 3 is 1.63 bits per heavy atom. The van der Waals surface area contributed by atoms with Gasteiger partial charge in [-0.25, -0.2) is 0 Å². The van der Waals surface area contributed by atoms with E-state index in [2.05, 4.69) is 39.8 Å². The second-order valence-corrected chi connectivity index (χ2v) is 7.19. The molecular weight excluding hydrogens is 228 g/mol. The van der Waals surface area contributed by atoms with Gasteiger partial charge in [0.15, 0.2) is 0 Å². The van der Waals surface area contributed by atoms with E-state index in [1.165, 1.54) is 77.0 Å². The molecule has 0 nitrogen and oxygen atoms in total. The van der Waals surface area contributed by atoms with Gasteiger partial charge in [0, 0.05) is 0 Å². The van der Waals surface area contributed by atoms with Crippen molar-refractivity contribution in [3.8, 4) is 0 Å². The number of hydrogen-bond donors (Lipinski definition) is 0. The van der Waals surface area contributed by atoms with E-state index in [0.29, 0.717) is 5.41 Å². The molecule has 0 aromatic rings. The highest BCUT2D eigenvalue weighted by Crippen LogP contribution is 2.22. The highest BCUT2D eigenvalue weighted by molar-refractivity contribution is 4.81. The Hall–Kier alpha value is -0.260. The lowest BCUT2D eigenvalue weighted by molar-refractivity contribution is 0.356. The van der Waals surface area contributed by atoms with E-state index >= 15 is 0 Å². The van der Waals surface area contributed by atoms with Crippen LogP contribution in [0.3, 0.4) is 0 Å². The third-order valence-electron chi connectivity index (χ3n) is 3.69. The Bertz CT molecular complexity index is 195. The first-order valence-corrected chi connectivity index (χ1v) is 8.71. The van der Waals surface area contributed by atoms with Crippen LogP contribution in [0.15, 0.2) is 12.2 Å². The summed E-state index contributed by atoms with van der Waals surface area (Å²) >= 11 is 0. The summed E-state index contributed by atoms with van der Waals surface area (Å²) < 4.78 is 0. The molecule has 0 saturated carbocycles. The number of hydrogen-bond acceptors (Lipinski definition) is 0. The van der Waals surface area contributed by atoms with Crippen LogP contribution in [0.5, 0.6) is 0 Å². The number of rotatable bonds is 12. The molecule has 0 spiro atoms. The fourth-order valence-corrected chi connectivity index (χ4v) is 2.37. The van der Waals surface area contributed by atoms with Crippen LogP contribution in [0.2, 0.25) is 0 Å². The van der Waals surface area contributed by atoms with Crippen molar-refractivity contribution in [2.75, 3.05) is 0 Å². The minimum atomic E-state index is 0.528. The van der Waals surface area contributed by atoms with Crippen LogP contribution in [0.25, 0.3) is 0 Å². The van der Waals surface area contributed by atoms with E-state index in [4.69, 9.17) is 0 Å². The van der Waals surface area contributed by atoms with Crippen LogP contribution >= 0.6 is 0 Å². The van der Waals surface area contributed by atoms with Crippen molar-refractivity contribution < 1.29 is 0 Å². The minimum absolute atomic E-state index is 0.528. The highest BCUT2D eigenvalue weighted by Gasteiger charge is 2.08. The molecule has 0 rings (SSSR count). The molecule has 0 saturated heterocycles. The minimum Gasteiger partial charge on any atom is -0.0885 e. The van der Waals surface area contributed by atoms with E-state index < -0.39 is 0 Å². The summed E-state index contributed by atoms with van der Waals surface area (Å²) in [7, 11) is 0. The van der Waals surface area contributed by atoms with Crippen LogP contribution < -0.4 is 0 Å². The molecule has 0 amide bonds. The molecule has 0 aliphatic heterocycles. The van der Waals surface area contributed by atoms with Gasteiger partial charge in [-0.3, -0.25) is 0 Å². The van der Waals surface area contributed by atoms with E-state index in [1.54, 1.807) is 0 Å². The standard InChI is InChI=1S/C19H38/c1-5-6-7-8-9-10-11-12-13-14-15-16-17-18-19(2,3)4/h10-11H,5-9,12-18H2,1-4H3/b11-10+. The lowest BCUT2D eigenvalue weighted by Gasteiger charge is -2.17. The van der Waals surface area contributed by atoms with Gasteiger partial charge in [-0.2, -0.15) is 0 Å². The van der Waals surface area contributed by atoms with Crippen molar-refractivity contribution in [1.82, 2.24) is 0 Å². The number of unbranched alkanes of at least 4 members (excludes halogenated alkanes) is 9. The largest absolute Gasteiger partial charge is 0.0885 e. The van der Waals surface area contributed by atoms with Gasteiger partial charge in [0.1, 0.15) is 0 Å². The molecule has 0 unspecified atom stereocenters. The van der Waals surface area contributed by atoms with Gasteiger partial charge in [-0.15, -0.1) is 0 Å². The average Bonchev–Trinajstić information content (AvgIpc) is 2.34. The second-order valence-electron chi connectivity index (χ2n) is 7.19. The Morgan fingerprint density at radius 2 is 1.11 bits per heavy atom. The van der Waals surface area contributed by atoms with Crippen molar-refractivity contribution in [2.24, 2.45) is 5.41 Å². The molecule has 0 aromatic carbocycles. The van der Waals surface area contributed by atoms with Crippen molar-refractivity contribution in [3.05, 3.63) is 12.2 Å². The third-order valence-corrected chi connectivity index (χ3v) is 3.69. The first kappa shape index (κ1) is 18.7. The Kier molecular flexibility index (Phi) is 12.6. The molecule has 114 valence electrons. The van der Waals surface area contributed by atoms with Crippen LogP contribution in [0.4, 0.5) is 0 Å². The predicted octanol–water partition coefficient (Wildman–Crippen LogP) is 7.29. The molecule has 0 fully saturated rings. The maximum absolute atomic E-state index is 2.40. The Morgan fingerprint density at radius 1 is 0.632 bits per heavy atom. The SMILES string of the molecule is CCCCCC/C=C/CCCCCCCC(C)(C)C. The average molecular weight is 267 g/mol. The zero-order valence-electron chi connectivity index (χ0n) is 14.1. The van der Waals surface area contributed by atoms with Crippen LogP contribution in [-0.2, 0) is 0 Å². The van der Waals surface area contributed by atoms with Gasteiger partial charge in [0.2, 0.25) is 0 Å². The first-order valence-electron chi connectivity index (χ1n) is 8.71. The summed E-state index contributed by atoms with van der Waals surface area (Å²) in [6, 6.07) is 0. The summed E-state index contributed by atoms with van der Waals surface area (Å²) in [6.45, 7) is 9.31. The summed E-state index contributed by atoms with van der Waals surface area (Å²) in [5.41, 5.74) is 0.528. The fourth-order valence-electron chi connectivity index (χ4n) is 2.37. The fraction of sp³-hybridized carbons (Fsp3) is 0.895. The maximum Gasteiger partial charge on any atom is -0.0351 e. The van der Waals surface area contributed by atoms with Crippen LogP contribution in [0, 0.1) is 5.41 Å². The smallest absolute Gasteiger partial charge is 0.0351 e. The zero-order valence-corrected chi connectivity index (χ0v) is 14.1. The molecule has 0 heterocycles.